The van der Waals surface area contributed by atoms with Gasteiger partial charge >= 0.3 is 5.97 Å². The summed E-state index contributed by atoms with van der Waals surface area (Å²) in [6.07, 6.45) is 9.24. The van der Waals surface area contributed by atoms with Crippen molar-refractivity contribution in [2.24, 2.45) is 0 Å². The molecule has 0 aromatic carbocycles. The standard InChI is InChI=1S/C16H20N2O3/c1-4-13(6-5-12(2)21-3)7-10-18-15-11-17-9-8-14(15)16(19)20/h4-6,8-9,11,18H,1,7,10H2,2-3H3,(H,19,20)/b12-5+,13-6+. The molecule has 0 fully saturated rings. The molecule has 2 N–H and O–H groups in total. The fraction of sp³-hybridized carbons (Fsp3) is 0.250. The predicted octanol–water partition coefficient (Wildman–Crippen LogP) is 3.24. The molecule has 1 rings (SSSR count). The van der Waals surface area contributed by atoms with Gasteiger partial charge in [-0.2, -0.15) is 0 Å². The van der Waals surface area contributed by atoms with Gasteiger partial charge in [0.15, 0.2) is 0 Å². The van der Waals surface area contributed by atoms with Gasteiger partial charge in [0.1, 0.15) is 0 Å². The summed E-state index contributed by atoms with van der Waals surface area (Å²) >= 11 is 0. The van der Waals surface area contributed by atoms with E-state index in [0.29, 0.717) is 18.7 Å². The SMILES string of the molecule is C=C/C(=C\C=C(/C)OC)CCNc1cnccc1C(=O)O. The van der Waals surface area contributed by atoms with E-state index in [4.69, 9.17) is 9.84 Å². The number of ether oxygens (including phenoxy) is 1. The number of nitrogens with one attached hydrogen (secondary N) is 1. The normalized spacial score (nSPS) is 11.9. The first kappa shape index (κ1) is 16.5. The average Bonchev–Trinajstić information content (AvgIpc) is 2.50. The van der Waals surface area contributed by atoms with Gasteiger partial charge in [0.25, 0.3) is 0 Å². The van der Waals surface area contributed by atoms with Crippen molar-refractivity contribution in [1.82, 2.24) is 4.98 Å². The second-order valence-electron chi connectivity index (χ2n) is 4.33. The van der Waals surface area contributed by atoms with Crippen molar-refractivity contribution in [3.63, 3.8) is 0 Å². The third kappa shape index (κ3) is 5.52. The Balaban J connectivity index is 2.64. The summed E-state index contributed by atoms with van der Waals surface area (Å²) < 4.78 is 5.05. The number of nitrogens with zero attached hydrogens (tertiary/aromatic N) is 1. The Morgan fingerprint density at radius 3 is 2.90 bits per heavy atom. The number of carboxylic acid groups (broad SMARTS) is 1. The number of anilines is 1. The third-order valence-electron chi connectivity index (χ3n) is 2.90. The molecule has 5 heteroatoms. The van der Waals surface area contributed by atoms with Crippen LogP contribution in [0.5, 0.6) is 0 Å². The summed E-state index contributed by atoms with van der Waals surface area (Å²) in [6, 6.07) is 1.47. The zero-order valence-electron chi connectivity index (χ0n) is 12.3. The smallest absolute Gasteiger partial charge is 0.337 e. The molecule has 1 aromatic rings. The quantitative estimate of drug-likeness (QED) is 0.567. The number of methoxy groups -OCH3 is 1. The van der Waals surface area contributed by atoms with Gasteiger partial charge in [0, 0.05) is 12.7 Å². The molecule has 0 radical (unpaired) electrons. The minimum atomic E-state index is -0.974. The highest BCUT2D eigenvalue weighted by molar-refractivity contribution is 5.93. The van der Waals surface area contributed by atoms with E-state index in [2.05, 4.69) is 16.9 Å². The van der Waals surface area contributed by atoms with Crippen LogP contribution in [0.3, 0.4) is 0 Å². The Morgan fingerprint density at radius 1 is 1.52 bits per heavy atom. The molecular formula is C16H20N2O3. The molecule has 0 spiro atoms. The predicted molar refractivity (Wildman–Crippen MR) is 83.3 cm³/mol. The highest BCUT2D eigenvalue weighted by Gasteiger charge is 2.08. The van der Waals surface area contributed by atoms with Gasteiger partial charge in [-0.25, -0.2) is 4.79 Å². The van der Waals surface area contributed by atoms with Crippen LogP contribution in [0.1, 0.15) is 23.7 Å². The Bertz CT molecular complexity index is 562. The van der Waals surface area contributed by atoms with Crippen LogP contribution in [0.25, 0.3) is 0 Å². The van der Waals surface area contributed by atoms with E-state index in [1.807, 2.05) is 19.1 Å². The lowest BCUT2D eigenvalue weighted by Crippen LogP contribution is -2.08. The van der Waals surface area contributed by atoms with Gasteiger partial charge < -0.3 is 15.2 Å². The van der Waals surface area contributed by atoms with Gasteiger partial charge in [-0.15, -0.1) is 0 Å². The molecule has 0 aliphatic rings. The summed E-state index contributed by atoms with van der Waals surface area (Å²) in [4.78, 5) is 15.0. The maximum atomic E-state index is 11.1. The molecule has 112 valence electrons. The van der Waals surface area contributed by atoms with Crippen LogP contribution >= 0.6 is 0 Å². The molecular weight excluding hydrogens is 268 g/mol. The second kappa shape index (κ2) is 8.58. The van der Waals surface area contributed by atoms with E-state index >= 15 is 0 Å². The number of carboxylic acids is 1. The highest BCUT2D eigenvalue weighted by Crippen LogP contribution is 2.14. The van der Waals surface area contributed by atoms with Gasteiger partial charge in [0.05, 0.1) is 30.3 Å². The molecule has 0 amide bonds. The fourth-order valence-electron chi connectivity index (χ4n) is 1.61. The first-order chi connectivity index (χ1) is 10.1. The summed E-state index contributed by atoms with van der Waals surface area (Å²) in [5.41, 5.74) is 1.75. The maximum Gasteiger partial charge on any atom is 0.337 e. The molecule has 0 bridgehead atoms. The Labute approximate surface area is 124 Å². The zero-order chi connectivity index (χ0) is 15.7. The van der Waals surface area contributed by atoms with Crippen molar-refractivity contribution in [2.45, 2.75) is 13.3 Å². The van der Waals surface area contributed by atoms with Gasteiger partial charge in [-0.1, -0.05) is 18.7 Å². The van der Waals surface area contributed by atoms with Gasteiger partial charge in [-0.05, 0) is 31.1 Å². The fourth-order valence-corrected chi connectivity index (χ4v) is 1.61. The van der Waals surface area contributed by atoms with Crippen molar-refractivity contribution in [3.8, 4) is 0 Å². The summed E-state index contributed by atoms with van der Waals surface area (Å²) in [5.74, 6) is -0.166. The molecule has 0 unspecified atom stereocenters. The largest absolute Gasteiger partial charge is 0.501 e. The monoisotopic (exact) mass is 288 g/mol. The molecule has 1 aromatic heterocycles. The number of aromatic carboxylic acids is 1. The number of allylic oxidation sites excluding steroid dienone is 4. The molecule has 0 aliphatic carbocycles. The summed E-state index contributed by atoms with van der Waals surface area (Å²) in [5, 5.41) is 12.2. The number of pyridine rings is 1. The van der Waals surface area contributed by atoms with Crippen molar-refractivity contribution in [2.75, 3.05) is 19.0 Å². The molecule has 21 heavy (non-hydrogen) atoms. The molecule has 5 nitrogen and oxygen atoms in total. The summed E-state index contributed by atoms with van der Waals surface area (Å²) in [6.45, 7) is 6.22. The van der Waals surface area contributed by atoms with Crippen molar-refractivity contribution in [1.29, 1.82) is 0 Å². The molecule has 0 atom stereocenters. The maximum absolute atomic E-state index is 11.1. The van der Waals surface area contributed by atoms with Gasteiger partial charge in [-0.3, -0.25) is 4.98 Å². The highest BCUT2D eigenvalue weighted by atomic mass is 16.5. The molecule has 0 aliphatic heterocycles. The number of carbonyl (C=O) groups is 1. The lowest BCUT2D eigenvalue weighted by atomic mass is 10.1. The lowest BCUT2D eigenvalue weighted by Gasteiger charge is -2.09. The Hall–Kier alpha value is -2.56. The number of aromatic nitrogens is 1. The van der Waals surface area contributed by atoms with Crippen LogP contribution in [-0.2, 0) is 4.74 Å². The van der Waals surface area contributed by atoms with E-state index < -0.39 is 5.97 Å². The first-order valence-electron chi connectivity index (χ1n) is 6.53. The van der Waals surface area contributed by atoms with Crippen molar-refractivity contribution >= 4 is 11.7 Å². The van der Waals surface area contributed by atoms with Crippen LogP contribution < -0.4 is 5.32 Å². The van der Waals surface area contributed by atoms with Crippen LogP contribution in [0, 0.1) is 0 Å². The molecule has 0 saturated carbocycles. The molecule has 0 saturated heterocycles. The van der Waals surface area contributed by atoms with E-state index in [9.17, 15) is 4.79 Å². The van der Waals surface area contributed by atoms with Crippen LogP contribution in [0.4, 0.5) is 5.69 Å². The second-order valence-corrected chi connectivity index (χ2v) is 4.33. The van der Waals surface area contributed by atoms with Crippen LogP contribution in [-0.4, -0.2) is 29.7 Å². The van der Waals surface area contributed by atoms with E-state index in [-0.39, 0.29) is 5.56 Å². The summed E-state index contributed by atoms with van der Waals surface area (Å²) in [7, 11) is 1.62. The average molecular weight is 288 g/mol. The van der Waals surface area contributed by atoms with E-state index in [1.54, 1.807) is 13.2 Å². The lowest BCUT2D eigenvalue weighted by molar-refractivity contribution is 0.0698. The number of hydrogen-bond acceptors (Lipinski definition) is 4. The first-order valence-corrected chi connectivity index (χ1v) is 6.53. The van der Waals surface area contributed by atoms with Gasteiger partial charge in [0.2, 0.25) is 0 Å². The zero-order valence-corrected chi connectivity index (χ0v) is 12.3. The van der Waals surface area contributed by atoms with Crippen LogP contribution in [0.2, 0.25) is 0 Å². The topological polar surface area (TPSA) is 71.5 Å². The Morgan fingerprint density at radius 2 is 2.29 bits per heavy atom. The van der Waals surface area contributed by atoms with Crippen LogP contribution in [0.15, 0.2) is 54.6 Å². The number of hydrogen-bond donors (Lipinski definition) is 2. The molecule has 1 heterocycles. The third-order valence-corrected chi connectivity index (χ3v) is 2.90. The van der Waals surface area contributed by atoms with Crippen molar-refractivity contribution in [3.05, 3.63) is 60.2 Å². The van der Waals surface area contributed by atoms with E-state index in [0.717, 1.165) is 11.3 Å². The minimum absolute atomic E-state index is 0.212. The minimum Gasteiger partial charge on any atom is -0.501 e. The van der Waals surface area contributed by atoms with E-state index in [1.165, 1.54) is 18.5 Å². The number of rotatable bonds is 8. The Kier molecular flexibility index (Phi) is 6.74. The van der Waals surface area contributed by atoms with Crippen molar-refractivity contribution < 1.29 is 14.6 Å².